The van der Waals surface area contributed by atoms with E-state index in [1.807, 2.05) is 0 Å². The minimum Gasteiger partial charge on any atom is -0.496 e. The van der Waals surface area contributed by atoms with Crippen molar-refractivity contribution in [1.29, 1.82) is 0 Å². The highest BCUT2D eigenvalue weighted by atomic mass is 35.5. The Morgan fingerprint density at radius 3 is 2.25 bits per heavy atom. The van der Waals surface area contributed by atoms with Gasteiger partial charge >= 0.3 is 0 Å². The van der Waals surface area contributed by atoms with E-state index in [1.54, 1.807) is 33.5 Å². The van der Waals surface area contributed by atoms with Crippen LogP contribution < -0.4 is 14.2 Å². The van der Waals surface area contributed by atoms with Crippen molar-refractivity contribution < 1.29 is 18.6 Å². The highest BCUT2D eigenvalue weighted by Crippen LogP contribution is 2.39. The summed E-state index contributed by atoms with van der Waals surface area (Å²) in [6, 6.07) is 3.44. The van der Waals surface area contributed by atoms with Gasteiger partial charge in [0, 0.05) is 24.4 Å². The summed E-state index contributed by atoms with van der Waals surface area (Å²) in [4.78, 5) is 0. The Labute approximate surface area is 121 Å². The molecule has 0 aliphatic heterocycles. The molecule has 0 bridgehead atoms. The minimum atomic E-state index is 0.350. The summed E-state index contributed by atoms with van der Waals surface area (Å²) in [7, 11) is 4.67. The van der Waals surface area contributed by atoms with E-state index < -0.39 is 0 Å². The molecule has 0 saturated heterocycles. The van der Waals surface area contributed by atoms with Gasteiger partial charge in [-0.15, -0.1) is 21.8 Å². The molecule has 1 heterocycles. The van der Waals surface area contributed by atoms with Gasteiger partial charge in [-0.25, -0.2) is 0 Å². The fraction of sp³-hybridized carbons (Fsp3) is 0.385. The van der Waals surface area contributed by atoms with E-state index >= 15 is 0 Å². The van der Waals surface area contributed by atoms with Crippen molar-refractivity contribution in [1.82, 2.24) is 10.2 Å². The molecular weight excluding hydrogens is 284 g/mol. The van der Waals surface area contributed by atoms with Crippen molar-refractivity contribution in [2.24, 2.45) is 0 Å². The first kappa shape index (κ1) is 14.5. The fourth-order valence-corrected chi connectivity index (χ4v) is 1.90. The van der Waals surface area contributed by atoms with Crippen LogP contribution in [0.15, 0.2) is 16.5 Å². The predicted octanol–water partition coefficient (Wildman–Crippen LogP) is 2.54. The molecule has 0 atom stereocenters. The fourth-order valence-electron chi connectivity index (χ4n) is 1.74. The van der Waals surface area contributed by atoms with E-state index in [2.05, 4.69) is 10.2 Å². The smallest absolute Gasteiger partial charge is 0.251 e. The molecule has 0 amide bonds. The van der Waals surface area contributed by atoms with E-state index in [4.69, 9.17) is 30.2 Å². The third-order valence-electron chi connectivity index (χ3n) is 2.71. The van der Waals surface area contributed by atoms with E-state index in [1.165, 1.54) is 0 Å². The van der Waals surface area contributed by atoms with E-state index in [0.29, 0.717) is 46.9 Å². The monoisotopic (exact) mass is 298 g/mol. The molecular formula is C13H15ClN2O4. The zero-order valence-electron chi connectivity index (χ0n) is 11.5. The zero-order valence-corrected chi connectivity index (χ0v) is 12.2. The Morgan fingerprint density at radius 1 is 1.00 bits per heavy atom. The van der Waals surface area contributed by atoms with Crippen molar-refractivity contribution in [2.45, 2.75) is 6.42 Å². The quantitative estimate of drug-likeness (QED) is 0.764. The van der Waals surface area contributed by atoms with Crippen LogP contribution in [-0.2, 0) is 6.42 Å². The second kappa shape index (κ2) is 6.47. The van der Waals surface area contributed by atoms with Crippen molar-refractivity contribution in [3.05, 3.63) is 18.0 Å². The molecule has 7 heteroatoms. The highest BCUT2D eigenvalue weighted by Gasteiger charge is 2.18. The number of rotatable bonds is 6. The van der Waals surface area contributed by atoms with Crippen LogP contribution in [0, 0.1) is 0 Å². The Bertz CT molecular complexity index is 586. The van der Waals surface area contributed by atoms with Crippen LogP contribution in [0.2, 0.25) is 0 Å². The molecule has 0 aliphatic rings. The average Bonchev–Trinajstić information content (AvgIpc) is 2.94. The van der Waals surface area contributed by atoms with Gasteiger partial charge in [0.05, 0.1) is 26.9 Å². The van der Waals surface area contributed by atoms with Gasteiger partial charge in [0.1, 0.15) is 5.75 Å². The normalized spacial score (nSPS) is 10.4. The molecule has 0 radical (unpaired) electrons. The van der Waals surface area contributed by atoms with Gasteiger partial charge in [-0.1, -0.05) is 0 Å². The lowest BCUT2D eigenvalue weighted by Gasteiger charge is -2.11. The predicted molar refractivity (Wildman–Crippen MR) is 73.8 cm³/mol. The molecule has 1 aromatic heterocycles. The average molecular weight is 299 g/mol. The summed E-state index contributed by atoms with van der Waals surface area (Å²) in [6.07, 6.45) is 0.518. The maximum Gasteiger partial charge on any atom is 0.251 e. The Hall–Kier alpha value is -1.95. The zero-order chi connectivity index (χ0) is 14.5. The number of aryl methyl sites for hydroxylation is 1. The lowest BCUT2D eigenvalue weighted by Crippen LogP contribution is -1.95. The SMILES string of the molecule is COc1cc(OC)c(-c2nnc(CCCl)o2)cc1OC. The highest BCUT2D eigenvalue weighted by molar-refractivity contribution is 6.17. The van der Waals surface area contributed by atoms with Gasteiger partial charge in [0.25, 0.3) is 5.89 Å². The van der Waals surface area contributed by atoms with Gasteiger partial charge in [-0.3, -0.25) is 0 Å². The third kappa shape index (κ3) is 2.80. The molecule has 2 rings (SSSR count). The number of hydrogen-bond acceptors (Lipinski definition) is 6. The molecule has 0 fully saturated rings. The molecule has 6 nitrogen and oxygen atoms in total. The molecule has 1 aromatic carbocycles. The number of benzene rings is 1. The molecule has 0 unspecified atom stereocenters. The van der Waals surface area contributed by atoms with Crippen LogP contribution in [0.1, 0.15) is 5.89 Å². The van der Waals surface area contributed by atoms with E-state index in [-0.39, 0.29) is 0 Å². The first-order valence-electron chi connectivity index (χ1n) is 5.92. The Kier molecular flexibility index (Phi) is 4.68. The van der Waals surface area contributed by atoms with Gasteiger partial charge in [0.15, 0.2) is 11.5 Å². The first-order chi connectivity index (χ1) is 9.73. The summed E-state index contributed by atoms with van der Waals surface area (Å²) >= 11 is 5.65. The number of hydrogen-bond donors (Lipinski definition) is 0. The van der Waals surface area contributed by atoms with Gasteiger partial charge in [0.2, 0.25) is 5.89 Å². The van der Waals surface area contributed by atoms with E-state index in [0.717, 1.165) is 0 Å². The van der Waals surface area contributed by atoms with E-state index in [9.17, 15) is 0 Å². The van der Waals surface area contributed by atoms with Crippen LogP contribution in [0.3, 0.4) is 0 Å². The molecule has 0 aliphatic carbocycles. The van der Waals surface area contributed by atoms with Crippen LogP contribution in [-0.4, -0.2) is 37.4 Å². The van der Waals surface area contributed by atoms with Crippen molar-refractivity contribution >= 4 is 11.6 Å². The van der Waals surface area contributed by atoms with Gasteiger partial charge < -0.3 is 18.6 Å². The Morgan fingerprint density at radius 2 is 1.65 bits per heavy atom. The number of aromatic nitrogens is 2. The second-order valence-electron chi connectivity index (χ2n) is 3.85. The number of nitrogens with zero attached hydrogens (tertiary/aromatic N) is 2. The van der Waals surface area contributed by atoms with Crippen LogP contribution in [0.4, 0.5) is 0 Å². The van der Waals surface area contributed by atoms with Gasteiger partial charge in [-0.2, -0.15) is 0 Å². The summed E-state index contributed by atoms with van der Waals surface area (Å²) < 4.78 is 21.3. The molecule has 0 saturated carbocycles. The maximum absolute atomic E-state index is 5.65. The molecule has 108 valence electrons. The Balaban J connectivity index is 2.47. The van der Waals surface area contributed by atoms with Crippen LogP contribution >= 0.6 is 11.6 Å². The van der Waals surface area contributed by atoms with Crippen molar-refractivity contribution in [2.75, 3.05) is 27.2 Å². The molecule has 2 aromatic rings. The first-order valence-corrected chi connectivity index (χ1v) is 6.45. The summed E-state index contributed by atoms with van der Waals surface area (Å²) in [5, 5.41) is 7.92. The van der Waals surface area contributed by atoms with Crippen molar-refractivity contribution in [3.8, 4) is 28.7 Å². The summed E-state index contributed by atoms with van der Waals surface area (Å²) in [5.41, 5.74) is 0.637. The largest absolute Gasteiger partial charge is 0.496 e. The number of halogens is 1. The summed E-state index contributed by atoms with van der Waals surface area (Å²) in [6.45, 7) is 0. The number of alkyl halides is 1. The summed E-state index contributed by atoms with van der Waals surface area (Å²) in [5.74, 6) is 2.93. The van der Waals surface area contributed by atoms with Crippen molar-refractivity contribution in [3.63, 3.8) is 0 Å². The van der Waals surface area contributed by atoms with Crippen LogP contribution in [0.5, 0.6) is 17.2 Å². The molecule has 0 spiro atoms. The lowest BCUT2D eigenvalue weighted by molar-refractivity contribution is 0.349. The van der Waals surface area contributed by atoms with Crippen LogP contribution in [0.25, 0.3) is 11.5 Å². The standard InChI is InChI=1S/C13H15ClN2O4/c1-17-9-7-11(19-3)10(18-2)6-8(9)13-16-15-12(20-13)4-5-14/h6-7H,4-5H2,1-3H3. The third-order valence-corrected chi connectivity index (χ3v) is 2.90. The maximum atomic E-state index is 5.65. The number of methoxy groups -OCH3 is 3. The minimum absolute atomic E-state index is 0.350. The van der Waals surface area contributed by atoms with Gasteiger partial charge in [-0.05, 0) is 0 Å². The second-order valence-corrected chi connectivity index (χ2v) is 4.23. The number of ether oxygens (including phenoxy) is 3. The topological polar surface area (TPSA) is 66.6 Å². The molecule has 0 N–H and O–H groups in total. The molecule has 20 heavy (non-hydrogen) atoms. The lowest BCUT2D eigenvalue weighted by atomic mass is 10.1.